The Bertz CT molecular complexity index is 705. The van der Waals surface area contributed by atoms with Gasteiger partial charge in [-0.1, -0.05) is 28.8 Å². The van der Waals surface area contributed by atoms with E-state index in [-0.39, 0.29) is 0 Å². The first-order valence-corrected chi connectivity index (χ1v) is 7.58. The van der Waals surface area contributed by atoms with Crippen molar-refractivity contribution in [2.24, 2.45) is 0 Å². The summed E-state index contributed by atoms with van der Waals surface area (Å²) in [6.07, 6.45) is -0.904. The minimum absolute atomic E-state index is 0.398. The quantitative estimate of drug-likeness (QED) is 0.857. The van der Waals surface area contributed by atoms with Crippen molar-refractivity contribution in [1.29, 1.82) is 0 Å². The van der Waals surface area contributed by atoms with Gasteiger partial charge in [-0.2, -0.15) is 0 Å². The van der Waals surface area contributed by atoms with Gasteiger partial charge < -0.3 is 10.1 Å². The van der Waals surface area contributed by atoms with Crippen LogP contribution < -0.4 is 5.32 Å². The van der Waals surface area contributed by atoms with Crippen molar-refractivity contribution in [3.8, 4) is 0 Å². The van der Waals surface area contributed by atoms with Gasteiger partial charge in [0.15, 0.2) is 6.10 Å². The number of carbonyl (C=O) groups is 2. The summed E-state index contributed by atoms with van der Waals surface area (Å²) in [6.45, 7) is 5.34. The number of rotatable bonds is 4. The fourth-order valence-electron chi connectivity index (χ4n) is 2.15. The third kappa shape index (κ3) is 4.83. The van der Waals surface area contributed by atoms with Crippen LogP contribution in [0.5, 0.6) is 0 Å². The maximum Gasteiger partial charge on any atom is 0.338 e. The summed E-state index contributed by atoms with van der Waals surface area (Å²) in [5.74, 6) is -0.916. The average molecular weight is 332 g/mol. The second kappa shape index (κ2) is 7.29. The SMILES string of the molecule is Cc1cc(C)cc(C(=O)OC(C)C(=O)Nc2ccc(Cl)cc2)c1. The molecule has 2 rings (SSSR count). The molecule has 0 bridgehead atoms. The minimum atomic E-state index is -0.904. The first-order chi connectivity index (χ1) is 10.8. The molecule has 0 saturated heterocycles. The van der Waals surface area contributed by atoms with Crippen LogP contribution in [0.3, 0.4) is 0 Å². The van der Waals surface area contributed by atoms with Crippen LogP contribution in [0.1, 0.15) is 28.4 Å². The van der Waals surface area contributed by atoms with Crippen molar-refractivity contribution in [2.45, 2.75) is 26.9 Å². The number of amides is 1. The number of esters is 1. The van der Waals surface area contributed by atoms with E-state index in [9.17, 15) is 9.59 Å². The van der Waals surface area contributed by atoms with Crippen LogP contribution in [0, 0.1) is 13.8 Å². The lowest BCUT2D eigenvalue weighted by Crippen LogP contribution is -2.30. The second-order valence-corrected chi connectivity index (χ2v) is 5.86. The third-order valence-corrected chi connectivity index (χ3v) is 3.47. The molecule has 2 aromatic rings. The lowest BCUT2D eigenvalue weighted by molar-refractivity contribution is -0.123. The number of anilines is 1. The Balaban J connectivity index is 1.99. The molecule has 0 radical (unpaired) electrons. The van der Waals surface area contributed by atoms with E-state index >= 15 is 0 Å². The van der Waals surface area contributed by atoms with Crippen LogP contribution in [0.25, 0.3) is 0 Å². The Morgan fingerprint density at radius 1 is 1.04 bits per heavy atom. The molecule has 0 saturated carbocycles. The molecule has 1 N–H and O–H groups in total. The summed E-state index contributed by atoms with van der Waals surface area (Å²) in [5.41, 5.74) is 2.97. The van der Waals surface area contributed by atoms with Gasteiger partial charge in [-0.25, -0.2) is 4.79 Å². The van der Waals surface area contributed by atoms with Crippen LogP contribution >= 0.6 is 11.6 Å². The molecule has 120 valence electrons. The highest BCUT2D eigenvalue weighted by Crippen LogP contribution is 2.15. The molecule has 0 spiro atoms. The van der Waals surface area contributed by atoms with Gasteiger partial charge in [0.05, 0.1) is 5.56 Å². The van der Waals surface area contributed by atoms with Crippen LogP contribution in [-0.4, -0.2) is 18.0 Å². The van der Waals surface area contributed by atoms with Crippen molar-refractivity contribution < 1.29 is 14.3 Å². The highest BCUT2D eigenvalue weighted by Gasteiger charge is 2.19. The molecule has 0 heterocycles. The molecule has 5 heteroatoms. The van der Waals surface area contributed by atoms with Gasteiger partial charge in [0.2, 0.25) is 0 Å². The molecule has 2 aromatic carbocycles. The minimum Gasteiger partial charge on any atom is -0.449 e. The average Bonchev–Trinajstić information content (AvgIpc) is 2.48. The number of hydrogen-bond acceptors (Lipinski definition) is 3. The Hall–Kier alpha value is -2.33. The number of carbonyl (C=O) groups excluding carboxylic acids is 2. The van der Waals surface area contributed by atoms with E-state index in [1.165, 1.54) is 6.92 Å². The van der Waals surface area contributed by atoms with E-state index in [0.717, 1.165) is 11.1 Å². The van der Waals surface area contributed by atoms with Gasteiger partial charge in [0, 0.05) is 10.7 Å². The molecule has 1 unspecified atom stereocenters. The van der Waals surface area contributed by atoms with Crippen molar-refractivity contribution in [2.75, 3.05) is 5.32 Å². The molecule has 0 aliphatic heterocycles. The monoisotopic (exact) mass is 331 g/mol. The zero-order valence-corrected chi connectivity index (χ0v) is 14.0. The maximum absolute atomic E-state index is 12.1. The number of halogens is 1. The smallest absolute Gasteiger partial charge is 0.338 e. The van der Waals surface area contributed by atoms with Gasteiger partial charge >= 0.3 is 5.97 Å². The lowest BCUT2D eigenvalue weighted by atomic mass is 10.1. The third-order valence-electron chi connectivity index (χ3n) is 3.22. The molecule has 0 fully saturated rings. The summed E-state index contributed by atoms with van der Waals surface area (Å²) in [4.78, 5) is 24.2. The topological polar surface area (TPSA) is 55.4 Å². The molecule has 1 amide bonds. The predicted octanol–water partition coefficient (Wildman–Crippen LogP) is 4.14. The molecule has 1 atom stereocenters. The molecular weight excluding hydrogens is 314 g/mol. The van der Waals surface area contributed by atoms with Crippen molar-refractivity contribution >= 4 is 29.2 Å². The summed E-state index contributed by atoms with van der Waals surface area (Å²) in [5, 5.41) is 3.25. The Kier molecular flexibility index (Phi) is 5.40. The van der Waals surface area contributed by atoms with Gasteiger partial charge in [-0.3, -0.25) is 4.79 Å². The van der Waals surface area contributed by atoms with E-state index in [0.29, 0.717) is 16.3 Å². The molecule has 4 nitrogen and oxygen atoms in total. The number of ether oxygens (including phenoxy) is 1. The Morgan fingerprint density at radius 3 is 2.17 bits per heavy atom. The van der Waals surface area contributed by atoms with Crippen molar-refractivity contribution in [3.05, 3.63) is 64.2 Å². The molecule has 23 heavy (non-hydrogen) atoms. The first kappa shape index (κ1) is 17.0. The lowest BCUT2D eigenvalue weighted by Gasteiger charge is -2.14. The van der Waals surface area contributed by atoms with E-state index in [1.807, 2.05) is 19.9 Å². The van der Waals surface area contributed by atoms with Crippen LogP contribution in [-0.2, 0) is 9.53 Å². The number of aryl methyl sites for hydroxylation is 2. The van der Waals surface area contributed by atoms with Crippen LogP contribution in [0.4, 0.5) is 5.69 Å². The highest BCUT2D eigenvalue weighted by molar-refractivity contribution is 6.30. The fourth-order valence-corrected chi connectivity index (χ4v) is 2.28. The van der Waals surface area contributed by atoms with Gasteiger partial charge in [-0.05, 0) is 57.2 Å². The Morgan fingerprint density at radius 2 is 1.61 bits per heavy atom. The van der Waals surface area contributed by atoms with Crippen molar-refractivity contribution in [3.63, 3.8) is 0 Å². The van der Waals surface area contributed by atoms with E-state index in [4.69, 9.17) is 16.3 Å². The molecular formula is C18H18ClNO3. The number of hydrogen-bond donors (Lipinski definition) is 1. The maximum atomic E-state index is 12.1. The van der Waals surface area contributed by atoms with E-state index in [2.05, 4.69) is 5.32 Å². The van der Waals surface area contributed by atoms with E-state index < -0.39 is 18.0 Å². The fraction of sp³-hybridized carbons (Fsp3) is 0.222. The molecule has 0 aliphatic rings. The zero-order chi connectivity index (χ0) is 17.0. The van der Waals surface area contributed by atoms with Gasteiger partial charge in [-0.15, -0.1) is 0 Å². The first-order valence-electron chi connectivity index (χ1n) is 7.21. The molecule has 0 aliphatic carbocycles. The second-order valence-electron chi connectivity index (χ2n) is 5.42. The van der Waals surface area contributed by atoms with Crippen molar-refractivity contribution in [1.82, 2.24) is 0 Å². The number of benzene rings is 2. The van der Waals surface area contributed by atoms with Crippen LogP contribution in [0.15, 0.2) is 42.5 Å². The van der Waals surface area contributed by atoms with Crippen LogP contribution in [0.2, 0.25) is 5.02 Å². The van der Waals surface area contributed by atoms with Gasteiger partial charge in [0.25, 0.3) is 5.91 Å². The van der Waals surface area contributed by atoms with E-state index in [1.54, 1.807) is 36.4 Å². The zero-order valence-electron chi connectivity index (χ0n) is 13.2. The summed E-state index contributed by atoms with van der Waals surface area (Å²) in [6, 6.07) is 12.1. The standard InChI is InChI=1S/C18H18ClNO3/c1-11-8-12(2)10-14(9-11)18(22)23-13(3)17(21)20-16-6-4-15(19)5-7-16/h4-10,13H,1-3H3,(H,20,21). The predicted molar refractivity (Wildman–Crippen MR) is 90.9 cm³/mol. The summed E-state index contributed by atoms with van der Waals surface area (Å²) in [7, 11) is 0. The van der Waals surface area contributed by atoms with Gasteiger partial charge in [0.1, 0.15) is 0 Å². The normalized spacial score (nSPS) is 11.7. The highest BCUT2D eigenvalue weighted by atomic mass is 35.5. The largest absolute Gasteiger partial charge is 0.449 e. The molecule has 0 aromatic heterocycles. The summed E-state index contributed by atoms with van der Waals surface area (Å²) >= 11 is 5.79. The Labute approximate surface area is 140 Å². The number of nitrogens with one attached hydrogen (secondary N) is 1. The summed E-state index contributed by atoms with van der Waals surface area (Å²) < 4.78 is 5.23.